The number of aliphatic carboxylic acids is 1. The van der Waals surface area contributed by atoms with E-state index in [0.29, 0.717) is 0 Å². The van der Waals surface area contributed by atoms with Crippen LogP contribution in [-0.4, -0.2) is 28.6 Å². The summed E-state index contributed by atoms with van der Waals surface area (Å²) in [5.41, 5.74) is -0.705. The van der Waals surface area contributed by atoms with E-state index in [-0.39, 0.29) is 6.42 Å². The average Bonchev–Trinajstić information content (AvgIpc) is 2.06. The van der Waals surface area contributed by atoms with Crippen LogP contribution < -0.4 is 0 Å². The molecule has 0 heterocycles. The fourth-order valence-electron chi connectivity index (χ4n) is 2.01. The fourth-order valence-corrected chi connectivity index (χ4v) is 2.01. The number of halogens is 2. The van der Waals surface area contributed by atoms with Crippen LogP contribution in [0.1, 0.15) is 40.0 Å². The predicted molar refractivity (Wildman–Crippen MR) is 59.3 cm³/mol. The van der Waals surface area contributed by atoms with Gasteiger partial charge in [-0.15, -0.1) is 0 Å². The number of rotatable bonds is 4. The summed E-state index contributed by atoms with van der Waals surface area (Å²) in [5.74, 6) is -6.40. The Morgan fingerprint density at radius 2 is 1.89 bits per heavy atom. The van der Waals surface area contributed by atoms with E-state index in [1.165, 1.54) is 0 Å². The first-order chi connectivity index (χ1) is 8.00. The second-order valence-corrected chi connectivity index (χ2v) is 5.76. The monoisotopic (exact) mass is 264 g/mol. The van der Waals surface area contributed by atoms with E-state index in [2.05, 4.69) is 0 Å². The molecule has 1 N–H and O–H groups in total. The first kappa shape index (κ1) is 14.9. The van der Waals surface area contributed by atoms with E-state index in [0.717, 1.165) is 0 Å². The molecular formula is C12H18F2O4. The number of carbonyl (C=O) groups excluding carboxylic acids is 1. The van der Waals surface area contributed by atoms with Crippen LogP contribution in [0.5, 0.6) is 0 Å². The molecule has 0 radical (unpaired) electrons. The largest absolute Gasteiger partial charge is 0.481 e. The molecule has 4 nitrogen and oxygen atoms in total. The van der Waals surface area contributed by atoms with Gasteiger partial charge in [-0.2, -0.15) is 0 Å². The van der Waals surface area contributed by atoms with Crippen LogP contribution in [-0.2, 0) is 14.3 Å². The lowest BCUT2D eigenvalue weighted by molar-refractivity contribution is -0.171. The van der Waals surface area contributed by atoms with Crippen LogP contribution in [0.2, 0.25) is 0 Å². The zero-order valence-corrected chi connectivity index (χ0v) is 10.7. The van der Waals surface area contributed by atoms with Crippen molar-refractivity contribution in [1.29, 1.82) is 0 Å². The lowest BCUT2D eigenvalue weighted by Gasteiger charge is -2.38. The summed E-state index contributed by atoms with van der Waals surface area (Å²) in [6, 6.07) is 0. The molecule has 0 aliphatic heterocycles. The van der Waals surface area contributed by atoms with Crippen molar-refractivity contribution < 1.29 is 28.2 Å². The number of carboxylic acid groups (broad SMARTS) is 1. The van der Waals surface area contributed by atoms with Gasteiger partial charge in [0, 0.05) is 12.8 Å². The van der Waals surface area contributed by atoms with E-state index in [9.17, 15) is 18.4 Å². The Hall–Kier alpha value is -1.20. The standard InChI is InChI=1S/C12H18F2O4/c1-11(2,3)18-9(15)4-8(10(16)17)7-5-12(13,14)6-7/h7-8H,4-6H2,1-3H3,(H,16,17)/t8-/m0/s1. The lowest BCUT2D eigenvalue weighted by atomic mass is 9.72. The molecule has 0 aromatic heterocycles. The number of alkyl halides is 2. The van der Waals surface area contributed by atoms with Crippen molar-refractivity contribution in [2.24, 2.45) is 11.8 Å². The highest BCUT2D eigenvalue weighted by Gasteiger charge is 2.50. The molecule has 0 unspecified atom stereocenters. The van der Waals surface area contributed by atoms with E-state index < -0.39 is 48.1 Å². The summed E-state index contributed by atoms with van der Waals surface area (Å²) < 4.78 is 30.4. The van der Waals surface area contributed by atoms with E-state index in [1.807, 2.05) is 0 Å². The third-order valence-electron chi connectivity index (χ3n) is 2.81. The number of ether oxygens (including phenoxy) is 1. The van der Waals surface area contributed by atoms with Crippen molar-refractivity contribution in [2.45, 2.75) is 51.6 Å². The van der Waals surface area contributed by atoms with Gasteiger partial charge in [0.1, 0.15) is 5.60 Å². The number of carboxylic acids is 1. The molecule has 1 fully saturated rings. The molecule has 0 saturated heterocycles. The number of hydrogen-bond acceptors (Lipinski definition) is 3. The molecule has 0 aromatic rings. The van der Waals surface area contributed by atoms with E-state index in [1.54, 1.807) is 20.8 Å². The van der Waals surface area contributed by atoms with Crippen LogP contribution in [0, 0.1) is 11.8 Å². The number of carbonyl (C=O) groups is 2. The normalized spacial score (nSPS) is 20.9. The minimum atomic E-state index is -2.79. The summed E-state index contributed by atoms with van der Waals surface area (Å²) in [6.07, 6.45) is -1.28. The minimum absolute atomic E-state index is 0.354. The molecule has 0 spiro atoms. The highest BCUT2D eigenvalue weighted by Crippen LogP contribution is 2.47. The summed E-state index contributed by atoms with van der Waals surface area (Å²) >= 11 is 0. The highest BCUT2D eigenvalue weighted by molar-refractivity contribution is 5.79. The quantitative estimate of drug-likeness (QED) is 0.792. The zero-order valence-electron chi connectivity index (χ0n) is 10.7. The lowest BCUT2D eigenvalue weighted by Crippen LogP contribution is -2.43. The maximum atomic E-state index is 12.7. The predicted octanol–water partition coefficient (Wildman–Crippen LogP) is 2.46. The van der Waals surface area contributed by atoms with Gasteiger partial charge in [-0.25, -0.2) is 8.78 Å². The number of hydrogen-bond donors (Lipinski definition) is 1. The van der Waals surface area contributed by atoms with Crippen molar-refractivity contribution in [2.75, 3.05) is 0 Å². The third-order valence-corrected chi connectivity index (χ3v) is 2.81. The summed E-state index contributed by atoms with van der Waals surface area (Å²) in [5, 5.41) is 8.97. The van der Waals surface area contributed by atoms with Crippen LogP contribution in [0.3, 0.4) is 0 Å². The Labute approximate surface area is 104 Å². The Morgan fingerprint density at radius 1 is 1.39 bits per heavy atom. The molecule has 1 aliphatic rings. The molecule has 1 saturated carbocycles. The molecular weight excluding hydrogens is 246 g/mol. The first-order valence-corrected chi connectivity index (χ1v) is 5.83. The topological polar surface area (TPSA) is 63.6 Å². The number of esters is 1. The Bertz CT molecular complexity index is 338. The van der Waals surface area contributed by atoms with Crippen LogP contribution in [0.4, 0.5) is 8.78 Å². The summed E-state index contributed by atoms with van der Waals surface area (Å²) in [6.45, 7) is 4.99. The van der Waals surface area contributed by atoms with Gasteiger partial charge in [-0.1, -0.05) is 0 Å². The molecule has 104 valence electrons. The Kier molecular flexibility index (Phi) is 3.98. The van der Waals surface area contributed by atoms with E-state index in [4.69, 9.17) is 9.84 Å². The Morgan fingerprint density at radius 3 is 2.22 bits per heavy atom. The van der Waals surface area contributed by atoms with Gasteiger partial charge in [0.2, 0.25) is 5.92 Å². The molecule has 1 aliphatic carbocycles. The van der Waals surface area contributed by atoms with Gasteiger partial charge in [-0.05, 0) is 26.7 Å². The SMILES string of the molecule is CC(C)(C)OC(=O)C[C@H](C(=O)O)C1CC(F)(F)C1. The summed E-state index contributed by atoms with van der Waals surface area (Å²) in [7, 11) is 0. The molecule has 6 heteroatoms. The van der Waals surface area contributed by atoms with Crippen molar-refractivity contribution in [1.82, 2.24) is 0 Å². The smallest absolute Gasteiger partial charge is 0.307 e. The molecule has 18 heavy (non-hydrogen) atoms. The highest BCUT2D eigenvalue weighted by atomic mass is 19.3. The third kappa shape index (κ3) is 4.23. The molecule has 0 aromatic carbocycles. The van der Waals surface area contributed by atoms with Gasteiger partial charge in [0.25, 0.3) is 0 Å². The van der Waals surface area contributed by atoms with Crippen molar-refractivity contribution in [3.8, 4) is 0 Å². The van der Waals surface area contributed by atoms with Gasteiger partial charge in [-0.3, -0.25) is 9.59 Å². The van der Waals surface area contributed by atoms with Gasteiger partial charge < -0.3 is 9.84 Å². The summed E-state index contributed by atoms with van der Waals surface area (Å²) in [4.78, 5) is 22.5. The fraction of sp³-hybridized carbons (Fsp3) is 0.833. The molecule has 0 bridgehead atoms. The molecule has 0 amide bonds. The van der Waals surface area contributed by atoms with Crippen LogP contribution in [0.15, 0.2) is 0 Å². The van der Waals surface area contributed by atoms with Gasteiger partial charge in [0.05, 0.1) is 12.3 Å². The molecule has 1 rings (SSSR count). The minimum Gasteiger partial charge on any atom is -0.481 e. The maximum Gasteiger partial charge on any atom is 0.307 e. The Balaban J connectivity index is 2.55. The first-order valence-electron chi connectivity index (χ1n) is 5.83. The van der Waals surface area contributed by atoms with Crippen molar-refractivity contribution >= 4 is 11.9 Å². The van der Waals surface area contributed by atoms with Crippen LogP contribution >= 0.6 is 0 Å². The molecule has 1 atom stereocenters. The van der Waals surface area contributed by atoms with E-state index >= 15 is 0 Å². The zero-order chi connectivity index (χ0) is 14.1. The van der Waals surface area contributed by atoms with Crippen molar-refractivity contribution in [3.05, 3.63) is 0 Å². The average molecular weight is 264 g/mol. The second kappa shape index (κ2) is 4.82. The van der Waals surface area contributed by atoms with Crippen molar-refractivity contribution in [3.63, 3.8) is 0 Å². The van der Waals surface area contributed by atoms with Gasteiger partial charge >= 0.3 is 11.9 Å². The second-order valence-electron chi connectivity index (χ2n) is 5.76. The maximum absolute atomic E-state index is 12.7. The van der Waals surface area contributed by atoms with Gasteiger partial charge in [0.15, 0.2) is 0 Å². The van der Waals surface area contributed by atoms with Crippen LogP contribution in [0.25, 0.3) is 0 Å².